The van der Waals surface area contributed by atoms with Gasteiger partial charge in [0.2, 0.25) is 0 Å². The van der Waals surface area contributed by atoms with Crippen LogP contribution in [0, 0.1) is 0 Å². The number of ketones is 1. The van der Waals surface area contributed by atoms with Gasteiger partial charge in [0.15, 0.2) is 5.78 Å². The predicted octanol–water partition coefficient (Wildman–Crippen LogP) is 5.09. The Balaban J connectivity index is 2.35. The largest absolute Gasteiger partial charge is 0.289 e. The van der Waals surface area contributed by atoms with E-state index in [1.165, 1.54) is 5.57 Å². The summed E-state index contributed by atoms with van der Waals surface area (Å²) in [5.74, 6) is 0.168. The van der Waals surface area contributed by atoms with Crippen molar-refractivity contribution in [3.63, 3.8) is 0 Å². The van der Waals surface area contributed by atoms with Gasteiger partial charge in [-0.1, -0.05) is 40.2 Å². The molecule has 1 nitrogen and oxygen atoms in total. The highest BCUT2D eigenvalue weighted by molar-refractivity contribution is 9.10. The first-order chi connectivity index (χ1) is 9.15. The topological polar surface area (TPSA) is 17.1 Å². The molecule has 98 valence electrons. The number of hydrogen-bond donors (Lipinski definition) is 0. The van der Waals surface area contributed by atoms with Gasteiger partial charge in [0.1, 0.15) is 0 Å². The van der Waals surface area contributed by atoms with Gasteiger partial charge in [-0.2, -0.15) is 0 Å². The summed E-state index contributed by atoms with van der Waals surface area (Å²) < 4.78 is 1.03. The van der Waals surface area contributed by atoms with Crippen LogP contribution in [0.1, 0.15) is 32.3 Å². The second kappa shape index (κ2) is 6.16. The van der Waals surface area contributed by atoms with E-state index in [-0.39, 0.29) is 5.78 Å². The first-order valence-corrected chi connectivity index (χ1v) is 7.27. The number of carbonyl (C=O) groups excluding carboxylic acids is 1. The summed E-state index contributed by atoms with van der Waals surface area (Å²) in [6, 6.07) is 8.02. The molecule has 0 amide bonds. The van der Waals surface area contributed by atoms with Crippen molar-refractivity contribution in [2.45, 2.75) is 26.7 Å². The molecular formula is C17H17BrO. The fraction of sp³-hybridized carbons (Fsp3) is 0.235. The van der Waals surface area contributed by atoms with Gasteiger partial charge in [-0.25, -0.2) is 0 Å². The lowest BCUT2D eigenvalue weighted by Gasteiger charge is -2.19. The first-order valence-electron chi connectivity index (χ1n) is 6.48. The Morgan fingerprint density at radius 2 is 1.84 bits per heavy atom. The highest BCUT2D eigenvalue weighted by Gasteiger charge is 2.23. The maximum Gasteiger partial charge on any atom is 0.188 e. The lowest BCUT2D eigenvalue weighted by molar-refractivity contribution is -0.112. The zero-order chi connectivity index (χ0) is 13.8. The Morgan fingerprint density at radius 3 is 2.47 bits per heavy atom. The van der Waals surface area contributed by atoms with Crippen LogP contribution in [0.15, 0.2) is 57.6 Å². The number of allylic oxidation sites excluding steroid dienone is 5. The van der Waals surface area contributed by atoms with Gasteiger partial charge in [0, 0.05) is 15.6 Å². The molecule has 0 spiro atoms. The molecule has 1 aromatic rings. The fourth-order valence-electron chi connectivity index (χ4n) is 2.39. The molecule has 1 saturated carbocycles. The van der Waals surface area contributed by atoms with Gasteiger partial charge in [0.25, 0.3) is 0 Å². The molecular weight excluding hydrogens is 300 g/mol. The fourth-order valence-corrected chi connectivity index (χ4v) is 2.80. The summed E-state index contributed by atoms with van der Waals surface area (Å²) in [6.45, 7) is 3.92. The number of benzene rings is 1. The highest BCUT2D eigenvalue weighted by Crippen LogP contribution is 2.31. The van der Waals surface area contributed by atoms with Crippen molar-refractivity contribution in [2.24, 2.45) is 0 Å². The molecule has 0 aromatic heterocycles. The third kappa shape index (κ3) is 3.13. The average molecular weight is 317 g/mol. The lowest BCUT2D eigenvalue weighted by Crippen LogP contribution is -2.14. The van der Waals surface area contributed by atoms with Crippen molar-refractivity contribution in [3.8, 4) is 0 Å². The van der Waals surface area contributed by atoms with Crippen LogP contribution in [0.25, 0.3) is 6.08 Å². The van der Waals surface area contributed by atoms with E-state index >= 15 is 0 Å². The number of Topliss-reactive ketones (excluding diaryl/α,β-unsaturated/α-hetero) is 1. The number of hydrogen-bond acceptors (Lipinski definition) is 1. The molecule has 19 heavy (non-hydrogen) atoms. The maximum atomic E-state index is 12.4. The van der Waals surface area contributed by atoms with Crippen molar-refractivity contribution in [3.05, 3.63) is 63.2 Å². The zero-order valence-corrected chi connectivity index (χ0v) is 12.8. The van der Waals surface area contributed by atoms with Crippen LogP contribution in [0.4, 0.5) is 0 Å². The molecule has 0 atom stereocenters. The minimum atomic E-state index is 0.168. The summed E-state index contributed by atoms with van der Waals surface area (Å²) in [5.41, 5.74) is 3.99. The average Bonchev–Trinajstić information content (AvgIpc) is 2.41. The van der Waals surface area contributed by atoms with Crippen LogP contribution in [-0.4, -0.2) is 5.78 Å². The molecule has 2 rings (SSSR count). The van der Waals surface area contributed by atoms with Crippen molar-refractivity contribution in [1.29, 1.82) is 0 Å². The van der Waals surface area contributed by atoms with Gasteiger partial charge in [0.05, 0.1) is 0 Å². The van der Waals surface area contributed by atoms with E-state index in [1.54, 1.807) is 0 Å². The van der Waals surface area contributed by atoms with E-state index < -0.39 is 0 Å². The smallest absolute Gasteiger partial charge is 0.188 e. The lowest BCUT2D eigenvalue weighted by atomic mass is 9.83. The second-order valence-electron chi connectivity index (χ2n) is 4.57. The molecule has 0 heterocycles. The van der Waals surface area contributed by atoms with Crippen LogP contribution in [0.3, 0.4) is 0 Å². The van der Waals surface area contributed by atoms with E-state index in [9.17, 15) is 4.79 Å². The van der Waals surface area contributed by atoms with E-state index in [0.717, 1.165) is 34.0 Å². The van der Waals surface area contributed by atoms with Gasteiger partial charge in [-0.15, -0.1) is 0 Å². The molecule has 1 aromatic carbocycles. The Labute approximate surface area is 122 Å². The maximum absolute atomic E-state index is 12.4. The van der Waals surface area contributed by atoms with Crippen molar-refractivity contribution < 1.29 is 4.79 Å². The number of halogens is 1. The third-order valence-electron chi connectivity index (χ3n) is 3.37. The van der Waals surface area contributed by atoms with Crippen LogP contribution in [-0.2, 0) is 4.79 Å². The SMILES string of the molecule is C/C=C1/CC/C(=C\c2cccc(Br)c2)C(=O)/C1=C/C. The summed E-state index contributed by atoms with van der Waals surface area (Å²) in [7, 11) is 0. The molecule has 0 N–H and O–H groups in total. The van der Waals surface area contributed by atoms with Crippen LogP contribution in [0.5, 0.6) is 0 Å². The summed E-state index contributed by atoms with van der Waals surface area (Å²) in [5, 5.41) is 0. The molecule has 2 heteroatoms. The Hall–Kier alpha value is -1.41. The van der Waals surface area contributed by atoms with Gasteiger partial charge >= 0.3 is 0 Å². The minimum Gasteiger partial charge on any atom is -0.289 e. The normalized spacial score (nSPS) is 22.5. The molecule has 0 aliphatic heterocycles. The quantitative estimate of drug-likeness (QED) is 0.660. The Bertz CT molecular complexity index is 591. The van der Waals surface area contributed by atoms with Crippen molar-refractivity contribution >= 4 is 27.8 Å². The minimum absolute atomic E-state index is 0.168. The molecule has 0 unspecified atom stereocenters. The van der Waals surface area contributed by atoms with Crippen LogP contribution < -0.4 is 0 Å². The highest BCUT2D eigenvalue weighted by atomic mass is 79.9. The van der Waals surface area contributed by atoms with E-state index in [2.05, 4.69) is 15.9 Å². The summed E-state index contributed by atoms with van der Waals surface area (Å²) in [6.07, 6.45) is 7.74. The van der Waals surface area contributed by atoms with Crippen LogP contribution >= 0.6 is 15.9 Å². The standard InChI is InChI=1S/C17H17BrO/c1-3-13-8-9-14(17(19)16(13)4-2)10-12-6-5-7-15(18)11-12/h3-7,10-11H,8-9H2,1-2H3/b13-3-,14-10+,16-4+. The molecule has 0 bridgehead atoms. The molecule has 0 radical (unpaired) electrons. The molecule has 1 aliphatic rings. The van der Waals surface area contributed by atoms with Crippen LogP contribution in [0.2, 0.25) is 0 Å². The number of carbonyl (C=O) groups is 1. The van der Waals surface area contributed by atoms with Gasteiger partial charge in [-0.05, 0) is 56.0 Å². The third-order valence-corrected chi connectivity index (χ3v) is 3.87. The number of rotatable bonds is 1. The predicted molar refractivity (Wildman–Crippen MR) is 83.9 cm³/mol. The second-order valence-corrected chi connectivity index (χ2v) is 5.49. The monoisotopic (exact) mass is 316 g/mol. The Kier molecular flexibility index (Phi) is 4.54. The first kappa shape index (κ1) is 14.0. The van der Waals surface area contributed by atoms with E-state index in [1.807, 2.05) is 56.3 Å². The summed E-state index contributed by atoms with van der Waals surface area (Å²) >= 11 is 3.45. The van der Waals surface area contributed by atoms with Crippen molar-refractivity contribution in [2.75, 3.05) is 0 Å². The molecule has 1 aliphatic carbocycles. The Morgan fingerprint density at radius 1 is 1.11 bits per heavy atom. The molecule has 1 fully saturated rings. The van der Waals surface area contributed by atoms with Gasteiger partial charge < -0.3 is 0 Å². The zero-order valence-electron chi connectivity index (χ0n) is 11.2. The van der Waals surface area contributed by atoms with Gasteiger partial charge in [-0.3, -0.25) is 4.79 Å². The van der Waals surface area contributed by atoms with Crippen molar-refractivity contribution in [1.82, 2.24) is 0 Å². The van der Waals surface area contributed by atoms with E-state index in [4.69, 9.17) is 0 Å². The molecule has 0 saturated heterocycles. The van der Waals surface area contributed by atoms with E-state index in [0.29, 0.717) is 0 Å². The summed E-state index contributed by atoms with van der Waals surface area (Å²) in [4.78, 5) is 12.4.